The summed E-state index contributed by atoms with van der Waals surface area (Å²) in [6.07, 6.45) is 14.5. The quantitative estimate of drug-likeness (QED) is 0.819. The number of nitrogens with zero attached hydrogens (tertiary/aromatic N) is 2. The van der Waals surface area contributed by atoms with Gasteiger partial charge in [0.15, 0.2) is 0 Å². The minimum atomic E-state index is 0.612. The predicted molar refractivity (Wildman–Crippen MR) is 98.1 cm³/mol. The summed E-state index contributed by atoms with van der Waals surface area (Å²) in [4.78, 5) is 0. The van der Waals surface area contributed by atoms with E-state index >= 15 is 0 Å². The molecule has 0 amide bonds. The fraction of sp³-hybridized carbons (Fsp3) is 0.650. The lowest BCUT2D eigenvalue weighted by Gasteiger charge is -2.22. The summed E-state index contributed by atoms with van der Waals surface area (Å²) in [5, 5.41) is 7.96. The molecule has 4 nitrogen and oxygen atoms in total. The Kier molecular flexibility index (Phi) is 6.13. The third-order valence-electron chi connectivity index (χ3n) is 5.07. The average Bonchev–Trinajstić information content (AvgIpc) is 2.96. The average molecular weight is 329 g/mol. The van der Waals surface area contributed by atoms with Gasteiger partial charge >= 0.3 is 0 Å². The fourth-order valence-corrected chi connectivity index (χ4v) is 3.78. The van der Waals surface area contributed by atoms with Crippen molar-refractivity contribution in [3.8, 4) is 5.88 Å². The molecule has 24 heavy (non-hydrogen) atoms. The van der Waals surface area contributed by atoms with Crippen molar-refractivity contribution in [2.45, 2.75) is 58.5 Å². The Hall–Kier alpha value is -1.55. The molecule has 1 aromatic heterocycles. The topological polar surface area (TPSA) is 39.1 Å². The van der Waals surface area contributed by atoms with Gasteiger partial charge in [-0.25, -0.2) is 4.68 Å². The molecule has 1 unspecified atom stereocenters. The first-order valence-corrected chi connectivity index (χ1v) is 9.45. The summed E-state index contributed by atoms with van der Waals surface area (Å²) in [5.74, 6) is 2.29. The van der Waals surface area contributed by atoms with Crippen molar-refractivity contribution in [1.82, 2.24) is 15.1 Å². The first-order valence-electron chi connectivity index (χ1n) is 9.45. The van der Waals surface area contributed by atoms with Gasteiger partial charge in [0.1, 0.15) is 6.61 Å². The van der Waals surface area contributed by atoms with Gasteiger partial charge in [0, 0.05) is 19.2 Å². The maximum absolute atomic E-state index is 6.16. The van der Waals surface area contributed by atoms with Crippen LogP contribution >= 0.6 is 0 Å². The molecule has 0 saturated heterocycles. The maximum atomic E-state index is 6.16. The summed E-state index contributed by atoms with van der Waals surface area (Å²) in [6.45, 7) is 4.71. The zero-order chi connectivity index (χ0) is 16.8. The second-order valence-electron chi connectivity index (χ2n) is 7.37. The molecule has 0 radical (unpaired) electrons. The fourth-order valence-electron chi connectivity index (χ4n) is 3.78. The van der Waals surface area contributed by atoms with Crippen molar-refractivity contribution >= 4 is 0 Å². The zero-order valence-electron chi connectivity index (χ0n) is 15.1. The van der Waals surface area contributed by atoms with Crippen LogP contribution in [0.5, 0.6) is 5.88 Å². The molecule has 132 valence electrons. The molecular weight excluding hydrogens is 298 g/mol. The van der Waals surface area contributed by atoms with Gasteiger partial charge in [-0.05, 0) is 43.7 Å². The Morgan fingerprint density at radius 1 is 1.29 bits per heavy atom. The second kappa shape index (κ2) is 8.52. The van der Waals surface area contributed by atoms with Crippen LogP contribution in [0.4, 0.5) is 0 Å². The van der Waals surface area contributed by atoms with E-state index in [0.717, 1.165) is 37.0 Å². The van der Waals surface area contributed by atoms with E-state index in [1.165, 1.54) is 37.7 Å². The molecule has 1 atom stereocenters. The molecule has 3 rings (SSSR count). The molecule has 4 heteroatoms. The molecule has 1 saturated carbocycles. The minimum absolute atomic E-state index is 0.612. The molecule has 0 aliphatic heterocycles. The lowest BCUT2D eigenvalue weighted by atomic mass is 9.89. The van der Waals surface area contributed by atoms with Gasteiger partial charge in [0.05, 0.1) is 5.69 Å². The summed E-state index contributed by atoms with van der Waals surface area (Å²) in [6, 6.07) is 2.10. The third kappa shape index (κ3) is 4.73. The Morgan fingerprint density at radius 2 is 2.12 bits per heavy atom. The normalized spacial score (nSPS) is 21.8. The van der Waals surface area contributed by atoms with E-state index in [9.17, 15) is 0 Å². The molecule has 1 heterocycles. The standard InChI is InChI=1S/C20H31N3O/c1-16-7-6-10-18(11-16)15-24-20-12-19(13-21-2)22-23(20)14-17-8-4-3-5-9-17/h6-7,10,12,16-17,21H,3-5,8-9,11,13-15H2,1-2H3. The molecule has 0 aromatic carbocycles. The van der Waals surface area contributed by atoms with Crippen LogP contribution in [0.15, 0.2) is 29.9 Å². The minimum Gasteiger partial charge on any atom is -0.473 e. The highest BCUT2D eigenvalue weighted by atomic mass is 16.5. The summed E-state index contributed by atoms with van der Waals surface area (Å²) >= 11 is 0. The van der Waals surface area contributed by atoms with Gasteiger partial charge in [-0.2, -0.15) is 5.10 Å². The highest BCUT2D eigenvalue weighted by molar-refractivity contribution is 5.22. The third-order valence-corrected chi connectivity index (χ3v) is 5.07. The Bertz CT molecular complexity index is 582. The van der Waals surface area contributed by atoms with Crippen LogP contribution in [0.1, 0.15) is 51.1 Å². The highest BCUT2D eigenvalue weighted by Crippen LogP contribution is 2.27. The van der Waals surface area contributed by atoms with Gasteiger partial charge in [-0.3, -0.25) is 0 Å². The van der Waals surface area contributed by atoms with Crippen molar-refractivity contribution in [1.29, 1.82) is 0 Å². The molecule has 0 bridgehead atoms. The number of hydrogen-bond donors (Lipinski definition) is 1. The molecule has 0 spiro atoms. The van der Waals surface area contributed by atoms with Gasteiger partial charge in [-0.1, -0.05) is 44.4 Å². The first-order chi connectivity index (χ1) is 11.7. The predicted octanol–water partition coefficient (Wildman–Crippen LogP) is 4.08. The smallest absolute Gasteiger partial charge is 0.212 e. The van der Waals surface area contributed by atoms with Crippen LogP contribution in [0.2, 0.25) is 0 Å². The molecular formula is C20H31N3O. The van der Waals surface area contributed by atoms with E-state index in [2.05, 4.69) is 41.2 Å². The SMILES string of the molecule is CNCc1cc(OCC2=CC=CC(C)C2)n(CC2CCCCC2)n1. The molecule has 1 aromatic rings. The second-order valence-corrected chi connectivity index (χ2v) is 7.37. The van der Waals surface area contributed by atoms with Crippen molar-refractivity contribution in [2.75, 3.05) is 13.7 Å². The highest BCUT2D eigenvalue weighted by Gasteiger charge is 2.18. The van der Waals surface area contributed by atoms with Crippen LogP contribution in [0, 0.1) is 11.8 Å². The Balaban J connectivity index is 1.65. The van der Waals surface area contributed by atoms with Crippen molar-refractivity contribution in [3.05, 3.63) is 35.6 Å². The van der Waals surface area contributed by atoms with Crippen molar-refractivity contribution in [3.63, 3.8) is 0 Å². The lowest BCUT2D eigenvalue weighted by Crippen LogP contribution is -2.17. The monoisotopic (exact) mass is 329 g/mol. The van der Waals surface area contributed by atoms with Crippen molar-refractivity contribution < 1.29 is 4.74 Å². The number of hydrogen-bond acceptors (Lipinski definition) is 3. The van der Waals surface area contributed by atoms with Gasteiger partial charge < -0.3 is 10.1 Å². The number of rotatable bonds is 7. The van der Waals surface area contributed by atoms with Crippen LogP contribution in [-0.4, -0.2) is 23.4 Å². The van der Waals surface area contributed by atoms with Crippen LogP contribution in [-0.2, 0) is 13.1 Å². The first kappa shape index (κ1) is 17.3. The van der Waals surface area contributed by atoms with E-state index in [-0.39, 0.29) is 0 Å². The molecule has 1 fully saturated rings. The van der Waals surface area contributed by atoms with E-state index < -0.39 is 0 Å². The summed E-state index contributed by atoms with van der Waals surface area (Å²) in [5.41, 5.74) is 2.43. The largest absolute Gasteiger partial charge is 0.473 e. The molecule has 1 N–H and O–H groups in total. The maximum Gasteiger partial charge on any atom is 0.212 e. The van der Waals surface area contributed by atoms with Crippen LogP contribution in [0.3, 0.4) is 0 Å². The number of ether oxygens (including phenoxy) is 1. The van der Waals surface area contributed by atoms with Crippen LogP contribution < -0.4 is 10.1 Å². The number of aromatic nitrogens is 2. The van der Waals surface area contributed by atoms with E-state index in [0.29, 0.717) is 12.5 Å². The molecule has 2 aliphatic rings. The van der Waals surface area contributed by atoms with Crippen molar-refractivity contribution in [2.24, 2.45) is 11.8 Å². The van der Waals surface area contributed by atoms with Gasteiger partial charge in [0.2, 0.25) is 5.88 Å². The lowest BCUT2D eigenvalue weighted by molar-refractivity contribution is 0.263. The summed E-state index contributed by atoms with van der Waals surface area (Å²) in [7, 11) is 1.96. The Morgan fingerprint density at radius 3 is 2.88 bits per heavy atom. The van der Waals surface area contributed by atoms with Crippen LogP contribution in [0.25, 0.3) is 0 Å². The van der Waals surface area contributed by atoms with Gasteiger partial charge in [0.25, 0.3) is 0 Å². The van der Waals surface area contributed by atoms with E-state index in [1.807, 2.05) is 7.05 Å². The number of allylic oxidation sites excluding steroid dienone is 3. The Labute approximate surface area is 146 Å². The zero-order valence-corrected chi connectivity index (χ0v) is 15.1. The number of nitrogens with one attached hydrogen (secondary N) is 1. The van der Waals surface area contributed by atoms with E-state index in [1.54, 1.807) is 0 Å². The molecule has 2 aliphatic carbocycles. The van der Waals surface area contributed by atoms with Gasteiger partial charge in [-0.15, -0.1) is 0 Å². The summed E-state index contributed by atoms with van der Waals surface area (Å²) < 4.78 is 8.27. The van der Waals surface area contributed by atoms with E-state index in [4.69, 9.17) is 9.84 Å².